The largest absolute Gasteiger partial charge is 0.479 e. The molecule has 1 rings (SSSR count). The number of benzene rings is 1. The number of nitriles is 1. The average Bonchev–Trinajstić information content (AvgIpc) is 2.47. The van der Waals surface area contributed by atoms with Gasteiger partial charge in [0.25, 0.3) is 0 Å². The summed E-state index contributed by atoms with van der Waals surface area (Å²) >= 11 is 0. The van der Waals surface area contributed by atoms with Gasteiger partial charge in [-0.2, -0.15) is 5.26 Å². The van der Waals surface area contributed by atoms with E-state index in [9.17, 15) is 0 Å². The minimum absolute atomic E-state index is 0.0714. The maximum absolute atomic E-state index is 8.43. The monoisotopic (exact) mass is 278 g/mol. The first-order valence-corrected chi connectivity index (χ1v) is 6.82. The molecule has 0 saturated heterocycles. The first-order valence-electron chi connectivity index (χ1n) is 6.82. The molecule has 0 aromatic heterocycles. The van der Waals surface area contributed by atoms with Gasteiger partial charge < -0.3 is 19.5 Å². The molecule has 0 fully saturated rings. The highest BCUT2D eigenvalue weighted by molar-refractivity contribution is 5.27. The lowest BCUT2D eigenvalue weighted by Gasteiger charge is -2.17. The molecule has 0 radical (unpaired) electrons. The number of hydrogen-bond donors (Lipinski definition) is 1. The Kier molecular flexibility index (Phi) is 8.40. The van der Waals surface area contributed by atoms with E-state index >= 15 is 0 Å². The highest BCUT2D eigenvalue weighted by Crippen LogP contribution is 2.11. The third kappa shape index (κ3) is 6.53. The Morgan fingerprint density at radius 2 is 1.80 bits per heavy atom. The summed E-state index contributed by atoms with van der Waals surface area (Å²) in [7, 11) is 0. The van der Waals surface area contributed by atoms with Crippen molar-refractivity contribution in [3.63, 3.8) is 0 Å². The second-order valence-electron chi connectivity index (χ2n) is 4.06. The van der Waals surface area contributed by atoms with E-state index < -0.39 is 0 Å². The van der Waals surface area contributed by atoms with Crippen molar-refractivity contribution >= 4 is 0 Å². The van der Waals surface area contributed by atoms with Gasteiger partial charge in [-0.15, -0.1) is 0 Å². The van der Waals surface area contributed by atoms with Crippen molar-refractivity contribution in [1.29, 1.82) is 5.26 Å². The predicted octanol–water partition coefficient (Wildman–Crippen LogP) is 2.08. The van der Waals surface area contributed by atoms with Crippen molar-refractivity contribution in [3.8, 4) is 11.8 Å². The minimum atomic E-state index is -0.205. The van der Waals surface area contributed by atoms with E-state index in [1.165, 1.54) is 0 Å². The zero-order valence-corrected chi connectivity index (χ0v) is 12.1. The van der Waals surface area contributed by atoms with Crippen LogP contribution >= 0.6 is 0 Å². The van der Waals surface area contributed by atoms with Gasteiger partial charge in [0.1, 0.15) is 11.8 Å². The average molecular weight is 278 g/mol. The smallest absolute Gasteiger partial charge is 0.174 e. The molecule has 0 amide bonds. The van der Waals surface area contributed by atoms with Crippen LogP contribution in [0.5, 0.6) is 5.75 Å². The Morgan fingerprint density at radius 3 is 2.35 bits per heavy atom. The third-order valence-corrected chi connectivity index (χ3v) is 2.57. The standard InChI is InChI=1S/C15H22N2O3/c1-3-18-15(19-4-2)12-17-11-13-5-7-14(8-6-13)20-10-9-16/h5-8,15,17H,3-4,10-12H2,1-2H3. The summed E-state index contributed by atoms with van der Waals surface area (Å²) < 4.78 is 16.1. The van der Waals surface area contributed by atoms with Gasteiger partial charge in [-0.1, -0.05) is 12.1 Å². The van der Waals surface area contributed by atoms with Gasteiger partial charge in [-0.05, 0) is 31.5 Å². The van der Waals surface area contributed by atoms with E-state index in [1.807, 2.05) is 44.2 Å². The number of nitrogens with zero attached hydrogens (tertiary/aromatic N) is 1. The van der Waals surface area contributed by atoms with Crippen molar-refractivity contribution in [2.75, 3.05) is 26.4 Å². The van der Waals surface area contributed by atoms with Crippen LogP contribution in [0, 0.1) is 11.3 Å². The Balaban J connectivity index is 2.32. The molecule has 20 heavy (non-hydrogen) atoms. The van der Waals surface area contributed by atoms with Crippen LogP contribution in [0.25, 0.3) is 0 Å². The lowest BCUT2D eigenvalue weighted by Crippen LogP contribution is -2.31. The number of ether oxygens (including phenoxy) is 3. The summed E-state index contributed by atoms with van der Waals surface area (Å²) in [5.41, 5.74) is 1.14. The quantitative estimate of drug-likeness (QED) is 0.664. The van der Waals surface area contributed by atoms with Gasteiger partial charge in [-0.3, -0.25) is 0 Å². The molecule has 1 aromatic carbocycles. The molecule has 5 heteroatoms. The molecule has 0 heterocycles. The second-order valence-corrected chi connectivity index (χ2v) is 4.06. The molecule has 0 aliphatic carbocycles. The molecule has 5 nitrogen and oxygen atoms in total. The van der Waals surface area contributed by atoms with E-state index in [-0.39, 0.29) is 12.9 Å². The predicted molar refractivity (Wildman–Crippen MR) is 76.3 cm³/mol. The summed E-state index contributed by atoms with van der Waals surface area (Å²) in [4.78, 5) is 0. The van der Waals surface area contributed by atoms with E-state index in [1.54, 1.807) is 0 Å². The Labute approximate surface area is 120 Å². The van der Waals surface area contributed by atoms with Gasteiger partial charge in [0, 0.05) is 26.3 Å². The number of rotatable bonds is 10. The molecule has 0 saturated carbocycles. The molecule has 0 unspecified atom stereocenters. The lowest BCUT2D eigenvalue weighted by molar-refractivity contribution is -0.133. The molecular weight excluding hydrogens is 256 g/mol. The van der Waals surface area contributed by atoms with Crippen LogP contribution in [0.1, 0.15) is 19.4 Å². The van der Waals surface area contributed by atoms with Crippen LogP contribution in [0.2, 0.25) is 0 Å². The van der Waals surface area contributed by atoms with Crippen molar-refractivity contribution in [1.82, 2.24) is 5.32 Å². The number of nitrogens with one attached hydrogen (secondary N) is 1. The molecule has 0 bridgehead atoms. The highest BCUT2D eigenvalue weighted by Gasteiger charge is 2.06. The maximum Gasteiger partial charge on any atom is 0.174 e. The zero-order chi connectivity index (χ0) is 14.6. The molecule has 0 spiro atoms. The van der Waals surface area contributed by atoms with Crippen LogP contribution in [-0.4, -0.2) is 32.7 Å². The van der Waals surface area contributed by atoms with Crippen LogP contribution in [0.3, 0.4) is 0 Å². The fraction of sp³-hybridized carbons (Fsp3) is 0.533. The first-order chi connectivity index (χ1) is 9.80. The van der Waals surface area contributed by atoms with E-state index in [0.29, 0.717) is 25.5 Å². The van der Waals surface area contributed by atoms with Crippen molar-refractivity contribution in [2.45, 2.75) is 26.7 Å². The zero-order valence-electron chi connectivity index (χ0n) is 12.1. The fourth-order valence-corrected chi connectivity index (χ4v) is 1.69. The molecule has 110 valence electrons. The fourth-order valence-electron chi connectivity index (χ4n) is 1.69. The van der Waals surface area contributed by atoms with Gasteiger partial charge in [-0.25, -0.2) is 0 Å². The Morgan fingerprint density at radius 1 is 1.15 bits per heavy atom. The highest BCUT2D eigenvalue weighted by atomic mass is 16.7. The van der Waals surface area contributed by atoms with Crippen molar-refractivity contribution in [3.05, 3.63) is 29.8 Å². The normalized spacial score (nSPS) is 10.5. The second kappa shape index (κ2) is 10.2. The Hall–Kier alpha value is -1.61. The summed E-state index contributed by atoms with van der Waals surface area (Å²) in [5.74, 6) is 0.705. The minimum Gasteiger partial charge on any atom is -0.479 e. The van der Waals surface area contributed by atoms with Crippen LogP contribution in [0.15, 0.2) is 24.3 Å². The van der Waals surface area contributed by atoms with Crippen LogP contribution < -0.4 is 10.1 Å². The number of hydrogen-bond acceptors (Lipinski definition) is 5. The molecule has 1 aromatic rings. The van der Waals surface area contributed by atoms with E-state index in [2.05, 4.69) is 5.32 Å². The van der Waals surface area contributed by atoms with Gasteiger partial charge in [0.05, 0.1) is 0 Å². The van der Waals surface area contributed by atoms with Gasteiger partial charge in [0.2, 0.25) is 0 Å². The summed E-state index contributed by atoms with van der Waals surface area (Å²) in [5, 5.41) is 11.7. The summed E-state index contributed by atoms with van der Waals surface area (Å²) in [6.45, 7) is 6.62. The van der Waals surface area contributed by atoms with Crippen LogP contribution in [-0.2, 0) is 16.0 Å². The third-order valence-electron chi connectivity index (χ3n) is 2.57. The molecule has 0 atom stereocenters. The molecule has 0 aliphatic rings. The Bertz CT molecular complexity index is 395. The topological polar surface area (TPSA) is 63.5 Å². The van der Waals surface area contributed by atoms with Crippen LogP contribution in [0.4, 0.5) is 0 Å². The van der Waals surface area contributed by atoms with Crippen molar-refractivity contribution in [2.24, 2.45) is 0 Å². The summed E-state index contributed by atoms with van der Waals surface area (Å²) in [6.07, 6.45) is -0.205. The van der Waals surface area contributed by atoms with E-state index in [0.717, 1.165) is 12.1 Å². The lowest BCUT2D eigenvalue weighted by atomic mass is 10.2. The van der Waals surface area contributed by atoms with Gasteiger partial charge >= 0.3 is 0 Å². The van der Waals surface area contributed by atoms with Gasteiger partial charge in [0.15, 0.2) is 12.9 Å². The molecular formula is C15H22N2O3. The van der Waals surface area contributed by atoms with Crippen molar-refractivity contribution < 1.29 is 14.2 Å². The van der Waals surface area contributed by atoms with E-state index in [4.69, 9.17) is 19.5 Å². The molecule has 0 aliphatic heterocycles. The maximum atomic E-state index is 8.43. The SMILES string of the molecule is CCOC(CNCc1ccc(OCC#N)cc1)OCC. The first kappa shape index (κ1) is 16.4. The summed E-state index contributed by atoms with van der Waals surface area (Å²) in [6, 6.07) is 9.59. The molecule has 1 N–H and O–H groups in total.